The maximum absolute atomic E-state index is 5.97. The molecule has 0 aliphatic heterocycles. The minimum Gasteiger partial charge on any atom is -0.383 e. The van der Waals surface area contributed by atoms with Gasteiger partial charge in [0.1, 0.15) is 17.5 Å². The quantitative estimate of drug-likeness (QED) is 0.871. The summed E-state index contributed by atoms with van der Waals surface area (Å²) in [6.07, 6.45) is 9.68. The lowest BCUT2D eigenvalue weighted by molar-refractivity contribution is 0.411. The van der Waals surface area contributed by atoms with Crippen LogP contribution in [0.1, 0.15) is 50.4 Å². The van der Waals surface area contributed by atoms with Gasteiger partial charge in [-0.15, -0.1) is 0 Å². The molecule has 20 heavy (non-hydrogen) atoms. The van der Waals surface area contributed by atoms with Crippen molar-refractivity contribution < 1.29 is 0 Å². The summed E-state index contributed by atoms with van der Waals surface area (Å²) in [6.45, 7) is 5.01. The summed E-state index contributed by atoms with van der Waals surface area (Å²) in [4.78, 5) is 8.90. The van der Waals surface area contributed by atoms with Crippen LogP contribution < -0.4 is 11.1 Å². The number of nitrogens with zero attached hydrogens (tertiary/aromatic N) is 2. The maximum Gasteiger partial charge on any atom is 0.134 e. The van der Waals surface area contributed by atoms with Crippen molar-refractivity contribution in [1.82, 2.24) is 9.97 Å². The zero-order valence-electron chi connectivity index (χ0n) is 12.8. The normalized spacial score (nSPS) is 17.9. The smallest absolute Gasteiger partial charge is 0.134 e. The lowest BCUT2D eigenvalue weighted by atomic mass is 9.88. The number of aromatic nitrogens is 2. The number of thioether (sulfide) groups is 1. The van der Waals surface area contributed by atoms with E-state index in [0.717, 1.165) is 30.2 Å². The van der Waals surface area contributed by atoms with Crippen LogP contribution in [0, 0.1) is 6.92 Å². The van der Waals surface area contributed by atoms with Crippen LogP contribution in [0.15, 0.2) is 0 Å². The zero-order chi connectivity index (χ0) is 14.6. The van der Waals surface area contributed by atoms with Crippen molar-refractivity contribution >= 4 is 23.4 Å². The van der Waals surface area contributed by atoms with Crippen LogP contribution >= 0.6 is 11.8 Å². The largest absolute Gasteiger partial charge is 0.383 e. The first-order chi connectivity index (χ1) is 9.60. The predicted octanol–water partition coefficient (Wildman–Crippen LogP) is 3.41. The van der Waals surface area contributed by atoms with Gasteiger partial charge in [0.05, 0.1) is 0 Å². The number of anilines is 2. The van der Waals surface area contributed by atoms with Gasteiger partial charge in [0, 0.05) is 23.3 Å². The van der Waals surface area contributed by atoms with Crippen LogP contribution in [0.5, 0.6) is 0 Å². The van der Waals surface area contributed by atoms with Crippen molar-refractivity contribution in [3.8, 4) is 0 Å². The highest BCUT2D eigenvalue weighted by Crippen LogP contribution is 2.38. The van der Waals surface area contributed by atoms with E-state index < -0.39 is 0 Å². The van der Waals surface area contributed by atoms with E-state index >= 15 is 0 Å². The van der Waals surface area contributed by atoms with Crippen molar-refractivity contribution in [2.75, 3.05) is 23.9 Å². The number of nitrogens with one attached hydrogen (secondary N) is 1. The first-order valence-corrected chi connectivity index (χ1v) is 8.75. The van der Waals surface area contributed by atoms with Crippen molar-refractivity contribution in [1.29, 1.82) is 0 Å². The predicted molar refractivity (Wildman–Crippen MR) is 88.4 cm³/mol. The minimum atomic E-state index is 0.358. The Hall–Kier alpha value is -0.970. The van der Waals surface area contributed by atoms with Gasteiger partial charge < -0.3 is 11.1 Å². The molecule has 0 aromatic carbocycles. The number of aryl methyl sites for hydroxylation is 1. The standard InChI is InChI=1S/C15H26N4S/c1-4-12-18-13(16)11(2)14(19-12)17-10-15(20-3)8-6-5-7-9-15/h4-10H2,1-3H3,(H3,16,17,18,19). The summed E-state index contributed by atoms with van der Waals surface area (Å²) < 4.78 is 0.358. The van der Waals surface area contributed by atoms with E-state index in [1.807, 2.05) is 18.7 Å². The summed E-state index contributed by atoms with van der Waals surface area (Å²) >= 11 is 2.00. The van der Waals surface area contributed by atoms with E-state index in [-0.39, 0.29) is 0 Å². The molecule has 1 heterocycles. The van der Waals surface area contributed by atoms with Crippen LogP contribution in [-0.4, -0.2) is 27.5 Å². The zero-order valence-corrected chi connectivity index (χ0v) is 13.6. The van der Waals surface area contributed by atoms with E-state index in [4.69, 9.17) is 5.73 Å². The van der Waals surface area contributed by atoms with Gasteiger partial charge in [0.2, 0.25) is 0 Å². The monoisotopic (exact) mass is 294 g/mol. The maximum atomic E-state index is 5.97. The van der Waals surface area contributed by atoms with E-state index in [2.05, 4.69) is 28.5 Å². The second kappa shape index (κ2) is 6.66. The molecule has 1 saturated carbocycles. The summed E-state index contributed by atoms with van der Waals surface area (Å²) in [5, 5.41) is 3.54. The second-order valence-electron chi connectivity index (χ2n) is 5.65. The van der Waals surface area contributed by atoms with Crippen molar-refractivity contribution in [3.63, 3.8) is 0 Å². The van der Waals surface area contributed by atoms with Gasteiger partial charge in [-0.3, -0.25) is 0 Å². The topological polar surface area (TPSA) is 63.8 Å². The lowest BCUT2D eigenvalue weighted by Crippen LogP contribution is -2.36. The Morgan fingerprint density at radius 1 is 1.25 bits per heavy atom. The van der Waals surface area contributed by atoms with Gasteiger partial charge in [-0.2, -0.15) is 11.8 Å². The van der Waals surface area contributed by atoms with E-state index in [1.54, 1.807) is 0 Å². The summed E-state index contributed by atoms with van der Waals surface area (Å²) in [7, 11) is 0. The fourth-order valence-electron chi connectivity index (χ4n) is 2.81. The molecule has 112 valence electrons. The van der Waals surface area contributed by atoms with Crippen LogP contribution in [-0.2, 0) is 6.42 Å². The summed E-state index contributed by atoms with van der Waals surface area (Å²) in [6, 6.07) is 0. The Kier molecular flexibility index (Phi) is 5.13. The molecule has 0 atom stereocenters. The number of rotatable bonds is 5. The Balaban J connectivity index is 2.11. The molecule has 1 fully saturated rings. The summed E-state index contributed by atoms with van der Waals surface area (Å²) in [5.74, 6) is 2.33. The van der Waals surface area contributed by atoms with Gasteiger partial charge in [-0.05, 0) is 26.0 Å². The Labute approximate surface area is 126 Å². The van der Waals surface area contributed by atoms with Gasteiger partial charge in [0.25, 0.3) is 0 Å². The van der Waals surface area contributed by atoms with Gasteiger partial charge >= 0.3 is 0 Å². The molecule has 3 N–H and O–H groups in total. The first-order valence-electron chi connectivity index (χ1n) is 7.52. The van der Waals surface area contributed by atoms with E-state index in [1.165, 1.54) is 32.1 Å². The number of hydrogen-bond donors (Lipinski definition) is 2. The molecule has 0 amide bonds. The fourth-order valence-corrected chi connectivity index (χ4v) is 3.72. The van der Waals surface area contributed by atoms with Crippen LogP contribution in [0.4, 0.5) is 11.6 Å². The molecule has 1 aromatic rings. The number of nitrogens with two attached hydrogens (primary N) is 1. The molecule has 0 bridgehead atoms. The van der Waals surface area contributed by atoms with E-state index in [0.29, 0.717) is 10.6 Å². The summed E-state index contributed by atoms with van der Waals surface area (Å²) in [5.41, 5.74) is 6.94. The lowest BCUT2D eigenvalue weighted by Gasteiger charge is -2.36. The van der Waals surface area contributed by atoms with Crippen LogP contribution in [0.25, 0.3) is 0 Å². The molecule has 1 aromatic heterocycles. The molecule has 1 aliphatic rings. The van der Waals surface area contributed by atoms with Crippen LogP contribution in [0.3, 0.4) is 0 Å². The minimum absolute atomic E-state index is 0.358. The van der Waals surface area contributed by atoms with Crippen molar-refractivity contribution in [2.24, 2.45) is 0 Å². The van der Waals surface area contributed by atoms with Gasteiger partial charge in [-0.1, -0.05) is 26.2 Å². The highest BCUT2D eigenvalue weighted by molar-refractivity contribution is 8.00. The second-order valence-corrected chi connectivity index (χ2v) is 6.93. The average molecular weight is 294 g/mol. The molecule has 0 radical (unpaired) electrons. The highest BCUT2D eigenvalue weighted by Gasteiger charge is 2.31. The fraction of sp³-hybridized carbons (Fsp3) is 0.733. The highest BCUT2D eigenvalue weighted by atomic mass is 32.2. The third kappa shape index (κ3) is 3.37. The molecule has 5 heteroatoms. The molecular formula is C15H26N4S. The van der Waals surface area contributed by atoms with Gasteiger partial charge in [-0.25, -0.2) is 9.97 Å². The molecule has 0 spiro atoms. The van der Waals surface area contributed by atoms with Crippen LogP contribution in [0.2, 0.25) is 0 Å². The molecule has 4 nitrogen and oxygen atoms in total. The number of hydrogen-bond acceptors (Lipinski definition) is 5. The Morgan fingerprint density at radius 2 is 1.95 bits per heavy atom. The molecule has 1 aliphatic carbocycles. The van der Waals surface area contributed by atoms with Gasteiger partial charge in [0.15, 0.2) is 0 Å². The third-order valence-corrected chi connectivity index (χ3v) is 5.74. The molecule has 0 saturated heterocycles. The third-order valence-electron chi connectivity index (χ3n) is 4.32. The SMILES string of the molecule is CCc1nc(N)c(C)c(NCC2(SC)CCCCC2)n1. The first kappa shape index (κ1) is 15.4. The van der Waals surface area contributed by atoms with Crippen molar-refractivity contribution in [3.05, 3.63) is 11.4 Å². The Morgan fingerprint density at radius 3 is 2.55 bits per heavy atom. The molecule has 2 rings (SSSR count). The number of nitrogen functional groups attached to an aromatic ring is 1. The molecule has 0 unspecified atom stereocenters. The van der Waals surface area contributed by atoms with E-state index in [9.17, 15) is 0 Å². The van der Waals surface area contributed by atoms with Crippen molar-refractivity contribution in [2.45, 2.75) is 57.1 Å². The Bertz CT molecular complexity index is 455. The molecular weight excluding hydrogens is 268 g/mol. The average Bonchev–Trinajstić information content (AvgIpc) is 2.49.